The summed E-state index contributed by atoms with van der Waals surface area (Å²) in [7, 11) is 0. The minimum atomic E-state index is -1.41. The molecule has 1 aliphatic carbocycles. The first-order valence-electron chi connectivity index (χ1n) is 15.4. The van der Waals surface area contributed by atoms with Crippen LogP contribution in [0.4, 0.5) is 4.79 Å². The van der Waals surface area contributed by atoms with Crippen LogP contribution < -0.4 is 16.0 Å². The fourth-order valence-corrected chi connectivity index (χ4v) is 5.45. The number of rotatable bonds is 15. The highest BCUT2D eigenvalue weighted by atomic mass is 16.6. The topological polar surface area (TPSA) is 214 Å². The molecule has 0 unspecified atom stereocenters. The maximum Gasteiger partial charge on any atom is 0.408 e. The van der Waals surface area contributed by atoms with Crippen molar-refractivity contribution in [2.75, 3.05) is 6.54 Å². The van der Waals surface area contributed by atoms with Crippen LogP contribution in [0.25, 0.3) is 10.4 Å². The second-order valence-corrected chi connectivity index (χ2v) is 12.6. The average molecular weight is 627 g/mol. The molecule has 1 aliphatic rings. The molecule has 1 aromatic heterocycles. The number of hydrogen-bond donors (Lipinski definition) is 6. The Morgan fingerprint density at radius 1 is 1.04 bits per heavy atom. The van der Waals surface area contributed by atoms with Crippen molar-refractivity contribution in [2.45, 2.75) is 108 Å². The molecule has 1 heterocycles. The van der Waals surface area contributed by atoms with E-state index in [0.717, 1.165) is 37.7 Å². The molecule has 1 fully saturated rings. The van der Waals surface area contributed by atoms with Crippen molar-refractivity contribution in [3.63, 3.8) is 0 Å². The van der Waals surface area contributed by atoms with Crippen LogP contribution >= 0.6 is 0 Å². The number of carbonyl (C=O) groups is 3. The number of benzene rings is 1. The van der Waals surface area contributed by atoms with Gasteiger partial charge in [0.05, 0.1) is 25.0 Å². The summed E-state index contributed by atoms with van der Waals surface area (Å²) in [4.78, 5) is 49.9. The Kier molecular flexibility index (Phi) is 13.7. The maximum atomic E-state index is 13.8. The predicted octanol–water partition coefficient (Wildman–Crippen LogP) is 3.06. The lowest BCUT2D eigenvalue weighted by Gasteiger charge is -2.33. The van der Waals surface area contributed by atoms with Crippen molar-refractivity contribution in [1.29, 1.82) is 0 Å². The third kappa shape index (κ3) is 12.4. The predicted molar refractivity (Wildman–Crippen MR) is 167 cm³/mol. The van der Waals surface area contributed by atoms with Crippen molar-refractivity contribution in [2.24, 2.45) is 11.0 Å². The Balaban J connectivity index is 1.83. The number of azide groups is 1. The van der Waals surface area contributed by atoms with Gasteiger partial charge < -0.3 is 35.9 Å². The van der Waals surface area contributed by atoms with E-state index in [4.69, 9.17) is 10.3 Å². The van der Waals surface area contributed by atoms with E-state index >= 15 is 0 Å². The highest BCUT2D eigenvalue weighted by Gasteiger charge is 2.34. The molecule has 1 aromatic carbocycles. The zero-order chi connectivity index (χ0) is 32.8. The lowest BCUT2D eigenvalue weighted by atomic mass is 9.83. The molecule has 6 N–H and O–H groups in total. The van der Waals surface area contributed by atoms with Gasteiger partial charge in [0.2, 0.25) is 11.8 Å². The molecule has 45 heavy (non-hydrogen) atoms. The molecule has 14 nitrogen and oxygen atoms in total. The number of amides is 3. The summed E-state index contributed by atoms with van der Waals surface area (Å²) in [6, 6.07) is 6.05. The molecule has 3 rings (SSSR count). The SMILES string of the molecule is CC(C)(C)OC(=O)N[C@@H](Cc1ccccc1)C(=O)N[C@@H](Cc1cnc[nH]1)C(=O)N[C@H](CC1CCCCC1)[C@H](O)[C@H](O)CN=[N+]=[N-]. The van der Waals surface area contributed by atoms with Gasteiger partial charge >= 0.3 is 6.09 Å². The Bertz CT molecular complexity index is 1260. The first kappa shape index (κ1) is 35.4. The number of aromatic amines is 1. The Labute approximate surface area is 263 Å². The molecular formula is C31H46N8O6. The summed E-state index contributed by atoms with van der Waals surface area (Å²) >= 11 is 0. The first-order valence-corrected chi connectivity index (χ1v) is 15.4. The molecular weight excluding hydrogens is 580 g/mol. The lowest BCUT2D eigenvalue weighted by molar-refractivity contribution is -0.131. The van der Waals surface area contributed by atoms with Crippen molar-refractivity contribution in [3.8, 4) is 0 Å². The number of ether oxygens (including phenoxy) is 1. The third-order valence-electron chi connectivity index (χ3n) is 7.68. The molecule has 0 saturated heterocycles. The number of H-pyrrole nitrogens is 1. The number of nitrogens with zero attached hydrogens (tertiary/aromatic N) is 4. The van der Waals surface area contributed by atoms with Crippen molar-refractivity contribution >= 4 is 17.9 Å². The summed E-state index contributed by atoms with van der Waals surface area (Å²) in [5.74, 6) is -0.985. The molecule has 3 amide bonds. The summed E-state index contributed by atoms with van der Waals surface area (Å²) in [6.45, 7) is 4.78. The Hall–Kier alpha value is -4.13. The normalized spacial score (nSPS) is 17.1. The highest BCUT2D eigenvalue weighted by molar-refractivity contribution is 5.91. The molecule has 0 aliphatic heterocycles. The molecule has 0 radical (unpaired) electrons. The van der Waals surface area contributed by atoms with E-state index in [9.17, 15) is 24.6 Å². The van der Waals surface area contributed by atoms with Crippen LogP contribution in [0.3, 0.4) is 0 Å². The summed E-state index contributed by atoms with van der Waals surface area (Å²) in [6.07, 6.45) is 5.02. The van der Waals surface area contributed by atoms with E-state index in [1.54, 1.807) is 20.8 Å². The van der Waals surface area contributed by atoms with Gasteiger partial charge in [-0.05, 0) is 44.2 Å². The van der Waals surface area contributed by atoms with Gasteiger partial charge in [-0.2, -0.15) is 0 Å². The Morgan fingerprint density at radius 2 is 1.71 bits per heavy atom. The quantitative estimate of drug-likeness (QED) is 0.0986. The van der Waals surface area contributed by atoms with Crippen LogP contribution in [0.2, 0.25) is 0 Å². The van der Waals surface area contributed by atoms with Crippen molar-refractivity contribution in [3.05, 3.63) is 64.6 Å². The van der Waals surface area contributed by atoms with E-state index in [0.29, 0.717) is 12.1 Å². The number of imidazole rings is 1. The third-order valence-corrected chi connectivity index (χ3v) is 7.68. The Morgan fingerprint density at radius 3 is 2.33 bits per heavy atom. The number of carbonyl (C=O) groups excluding carboxylic acids is 3. The maximum absolute atomic E-state index is 13.8. The molecule has 0 bridgehead atoms. The van der Waals surface area contributed by atoms with Gasteiger partial charge in [-0.15, -0.1) is 0 Å². The van der Waals surface area contributed by atoms with Gasteiger partial charge in [-0.3, -0.25) is 9.59 Å². The number of nitrogens with one attached hydrogen (secondary N) is 4. The van der Waals surface area contributed by atoms with Crippen LogP contribution in [0.15, 0.2) is 48.0 Å². The standard InChI is InChI=1S/C31H46N8O6/c1-31(2,3)45-30(44)38-24(15-21-12-8-5-9-13-21)28(42)37-25(16-22-17-33-19-34-22)29(43)36-23(14-20-10-6-4-7-11-20)27(41)26(40)18-35-39-32/h5,8-9,12-13,17,19-20,23-27,40-41H,4,6-7,10-11,14-16,18H2,1-3H3,(H,33,34)(H,36,43)(H,37,42)(H,38,44)/t23-,24+,25+,26-,27+/m1/s1. The van der Waals surface area contributed by atoms with Crippen LogP contribution in [0, 0.1) is 5.92 Å². The van der Waals surface area contributed by atoms with Gasteiger partial charge in [-0.25, -0.2) is 9.78 Å². The number of aromatic nitrogens is 2. The number of aliphatic hydroxyl groups is 2. The molecule has 2 aromatic rings. The molecule has 246 valence electrons. The average Bonchev–Trinajstić information content (AvgIpc) is 3.51. The minimum absolute atomic E-state index is 0.0373. The van der Waals surface area contributed by atoms with Gasteiger partial charge in [-0.1, -0.05) is 67.6 Å². The highest BCUT2D eigenvalue weighted by Crippen LogP contribution is 2.28. The smallest absolute Gasteiger partial charge is 0.408 e. The van der Waals surface area contributed by atoms with Crippen LogP contribution in [-0.2, 0) is 27.2 Å². The van der Waals surface area contributed by atoms with Gasteiger partial charge in [0, 0.05) is 29.6 Å². The van der Waals surface area contributed by atoms with E-state index in [2.05, 4.69) is 35.9 Å². The molecule has 5 atom stereocenters. The van der Waals surface area contributed by atoms with Gasteiger partial charge in [0.15, 0.2) is 0 Å². The zero-order valence-electron chi connectivity index (χ0n) is 26.2. The van der Waals surface area contributed by atoms with E-state index in [1.807, 2.05) is 30.3 Å². The lowest BCUT2D eigenvalue weighted by Crippen LogP contribution is -2.58. The second kappa shape index (κ2) is 17.4. The van der Waals surface area contributed by atoms with Crippen LogP contribution in [-0.4, -0.2) is 80.6 Å². The largest absolute Gasteiger partial charge is 0.444 e. The van der Waals surface area contributed by atoms with Crippen LogP contribution in [0.1, 0.15) is 70.6 Å². The van der Waals surface area contributed by atoms with E-state index in [1.165, 1.54) is 12.5 Å². The van der Waals surface area contributed by atoms with Crippen molar-refractivity contribution in [1.82, 2.24) is 25.9 Å². The van der Waals surface area contributed by atoms with E-state index < -0.39 is 53.8 Å². The summed E-state index contributed by atoms with van der Waals surface area (Å²) < 4.78 is 5.39. The van der Waals surface area contributed by atoms with Gasteiger partial charge in [0.25, 0.3) is 0 Å². The molecule has 1 saturated carbocycles. The number of aliphatic hydroxyl groups excluding tert-OH is 2. The molecule has 14 heteroatoms. The number of alkyl carbamates (subject to hydrolysis) is 1. The number of hydrogen-bond acceptors (Lipinski definition) is 8. The molecule has 0 spiro atoms. The first-order chi connectivity index (χ1) is 21.4. The summed E-state index contributed by atoms with van der Waals surface area (Å²) in [5, 5.41) is 33.2. The monoisotopic (exact) mass is 626 g/mol. The van der Waals surface area contributed by atoms with Crippen molar-refractivity contribution < 1.29 is 29.3 Å². The summed E-state index contributed by atoms with van der Waals surface area (Å²) in [5.41, 5.74) is 9.25. The second-order valence-electron chi connectivity index (χ2n) is 12.6. The fourth-order valence-electron chi connectivity index (χ4n) is 5.45. The van der Waals surface area contributed by atoms with Crippen LogP contribution in [0.5, 0.6) is 0 Å². The van der Waals surface area contributed by atoms with Gasteiger partial charge in [0.1, 0.15) is 23.8 Å². The fraction of sp³-hybridized carbons (Fsp3) is 0.613. The van der Waals surface area contributed by atoms with E-state index in [-0.39, 0.29) is 25.3 Å². The zero-order valence-corrected chi connectivity index (χ0v) is 26.2. The minimum Gasteiger partial charge on any atom is -0.444 e.